The third-order valence-electron chi connectivity index (χ3n) is 2.90. The first-order valence-corrected chi connectivity index (χ1v) is 6.51. The van der Waals surface area contributed by atoms with Crippen LogP contribution in [0, 0.1) is 20.8 Å². The number of carbonyl (C=O) groups excluding carboxylic acids is 1. The Balaban J connectivity index is 2.25. The molecular weight excluding hydrogens is 292 g/mol. The smallest absolute Gasteiger partial charge is 0.267 e. The highest BCUT2D eigenvalue weighted by molar-refractivity contribution is 9.10. The number of halogens is 1. The topological polar surface area (TPSA) is 34.0 Å². The number of benzene rings is 1. The lowest BCUT2D eigenvalue weighted by Gasteiger charge is -2.11. The monoisotopic (exact) mass is 306 g/mol. The number of hydrogen-bond donors (Lipinski definition) is 1. The second-order valence-electron chi connectivity index (χ2n) is 4.36. The highest BCUT2D eigenvalue weighted by Crippen LogP contribution is 2.17. The third-order valence-corrected chi connectivity index (χ3v) is 3.79. The second kappa shape index (κ2) is 4.98. The van der Waals surface area contributed by atoms with Gasteiger partial charge >= 0.3 is 0 Å². The van der Waals surface area contributed by atoms with Gasteiger partial charge in [0, 0.05) is 21.4 Å². The zero-order valence-electron chi connectivity index (χ0n) is 10.6. The van der Waals surface area contributed by atoms with Crippen molar-refractivity contribution >= 4 is 21.8 Å². The normalized spacial score (nSPS) is 10.4. The van der Waals surface area contributed by atoms with Crippen molar-refractivity contribution in [3.63, 3.8) is 0 Å². The Labute approximate surface area is 115 Å². The van der Waals surface area contributed by atoms with Gasteiger partial charge in [0.05, 0.1) is 0 Å². The van der Waals surface area contributed by atoms with Crippen LogP contribution in [-0.2, 0) is 0 Å². The van der Waals surface area contributed by atoms with Crippen molar-refractivity contribution in [2.24, 2.45) is 0 Å². The van der Waals surface area contributed by atoms with Crippen LogP contribution >= 0.6 is 15.9 Å². The maximum atomic E-state index is 12.1. The number of nitrogens with zero attached hydrogens (tertiary/aromatic N) is 1. The summed E-state index contributed by atoms with van der Waals surface area (Å²) in [6.07, 6.45) is 0. The van der Waals surface area contributed by atoms with Gasteiger partial charge in [0.15, 0.2) is 0 Å². The van der Waals surface area contributed by atoms with E-state index in [2.05, 4.69) is 21.4 Å². The van der Waals surface area contributed by atoms with E-state index in [0.717, 1.165) is 21.4 Å². The van der Waals surface area contributed by atoms with Gasteiger partial charge in [-0.2, -0.15) is 0 Å². The van der Waals surface area contributed by atoms with E-state index in [0.29, 0.717) is 5.56 Å². The Hall–Kier alpha value is -1.55. The fourth-order valence-corrected chi connectivity index (χ4v) is 2.04. The van der Waals surface area contributed by atoms with Crippen molar-refractivity contribution in [1.29, 1.82) is 0 Å². The van der Waals surface area contributed by atoms with Gasteiger partial charge in [-0.1, -0.05) is 15.9 Å². The highest BCUT2D eigenvalue weighted by atomic mass is 79.9. The van der Waals surface area contributed by atoms with Gasteiger partial charge in [0.2, 0.25) is 0 Å². The average Bonchev–Trinajstić information content (AvgIpc) is 2.64. The van der Waals surface area contributed by atoms with E-state index in [1.54, 1.807) is 10.7 Å². The number of carbonyl (C=O) groups is 1. The van der Waals surface area contributed by atoms with Crippen LogP contribution in [0.5, 0.6) is 0 Å². The SMILES string of the molecule is Cc1cc(C(=O)Nn2c(C)ccc2C)ccc1Br. The average molecular weight is 307 g/mol. The van der Waals surface area contributed by atoms with Gasteiger partial charge in [0.25, 0.3) is 5.91 Å². The highest BCUT2D eigenvalue weighted by Gasteiger charge is 2.09. The summed E-state index contributed by atoms with van der Waals surface area (Å²) in [5.74, 6) is -0.104. The molecule has 1 heterocycles. The molecule has 0 atom stereocenters. The van der Waals surface area contributed by atoms with Gasteiger partial charge in [-0.25, -0.2) is 0 Å². The molecule has 0 radical (unpaired) electrons. The predicted molar refractivity (Wildman–Crippen MR) is 76.5 cm³/mol. The molecule has 0 bridgehead atoms. The summed E-state index contributed by atoms with van der Waals surface area (Å²) in [6.45, 7) is 5.88. The van der Waals surface area contributed by atoms with Gasteiger partial charge in [-0.3, -0.25) is 14.9 Å². The molecule has 0 aliphatic heterocycles. The molecule has 0 fully saturated rings. The van der Waals surface area contributed by atoms with E-state index in [1.165, 1.54) is 0 Å². The van der Waals surface area contributed by atoms with Crippen LogP contribution in [0.1, 0.15) is 27.3 Å². The van der Waals surface area contributed by atoms with Crippen LogP contribution in [0.25, 0.3) is 0 Å². The second-order valence-corrected chi connectivity index (χ2v) is 5.21. The van der Waals surface area contributed by atoms with Crippen LogP contribution < -0.4 is 5.43 Å². The summed E-state index contributed by atoms with van der Waals surface area (Å²) in [5.41, 5.74) is 6.60. The van der Waals surface area contributed by atoms with Crippen molar-refractivity contribution in [2.75, 3.05) is 5.43 Å². The first kappa shape index (κ1) is 12.9. The lowest BCUT2D eigenvalue weighted by Crippen LogP contribution is -2.24. The molecule has 1 aromatic heterocycles. The summed E-state index contributed by atoms with van der Waals surface area (Å²) in [6, 6.07) is 9.51. The van der Waals surface area contributed by atoms with E-state index < -0.39 is 0 Å². The molecular formula is C14H15BrN2O. The Morgan fingerprint density at radius 1 is 1.11 bits per heavy atom. The standard InChI is InChI=1S/C14H15BrN2O/c1-9-8-12(6-7-13(9)15)14(18)16-17-10(2)4-5-11(17)3/h4-8H,1-3H3,(H,16,18). The van der Waals surface area contributed by atoms with E-state index in [4.69, 9.17) is 0 Å². The lowest BCUT2D eigenvalue weighted by molar-refractivity contribution is 0.101. The quantitative estimate of drug-likeness (QED) is 0.904. The van der Waals surface area contributed by atoms with Crippen molar-refractivity contribution in [3.05, 3.63) is 57.3 Å². The van der Waals surface area contributed by atoms with Crippen molar-refractivity contribution < 1.29 is 4.79 Å². The molecule has 3 nitrogen and oxygen atoms in total. The molecule has 0 unspecified atom stereocenters. The van der Waals surface area contributed by atoms with Crippen molar-refractivity contribution in [2.45, 2.75) is 20.8 Å². The fraction of sp³-hybridized carbons (Fsp3) is 0.214. The number of rotatable bonds is 2. The molecule has 0 spiro atoms. The molecule has 94 valence electrons. The summed E-state index contributed by atoms with van der Waals surface area (Å²) >= 11 is 3.43. The van der Waals surface area contributed by atoms with E-state index in [9.17, 15) is 4.79 Å². The fourth-order valence-electron chi connectivity index (χ4n) is 1.80. The minimum absolute atomic E-state index is 0.104. The van der Waals surface area contributed by atoms with Crippen LogP contribution in [0.3, 0.4) is 0 Å². The number of hydrogen-bond acceptors (Lipinski definition) is 1. The lowest BCUT2D eigenvalue weighted by atomic mass is 10.1. The molecule has 1 amide bonds. The Morgan fingerprint density at radius 3 is 2.28 bits per heavy atom. The predicted octanol–water partition coefficient (Wildman–Crippen LogP) is 3.56. The molecule has 4 heteroatoms. The third kappa shape index (κ3) is 2.48. The molecule has 0 aliphatic rings. The van der Waals surface area contributed by atoms with Gasteiger partial charge < -0.3 is 0 Å². The van der Waals surface area contributed by atoms with E-state index in [-0.39, 0.29) is 5.91 Å². The Morgan fingerprint density at radius 2 is 1.72 bits per heavy atom. The largest absolute Gasteiger partial charge is 0.270 e. The number of aryl methyl sites for hydroxylation is 3. The van der Waals surface area contributed by atoms with E-state index in [1.807, 2.05) is 45.0 Å². The number of nitrogens with one attached hydrogen (secondary N) is 1. The number of aromatic nitrogens is 1. The van der Waals surface area contributed by atoms with Crippen LogP contribution in [-0.4, -0.2) is 10.6 Å². The molecule has 18 heavy (non-hydrogen) atoms. The first-order chi connectivity index (χ1) is 8.49. The first-order valence-electron chi connectivity index (χ1n) is 5.71. The molecule has 1 N–H and O–H groups in total. The van der Waals surface area contributed by atoms with Crippen LogP contribution in [0.15, 0.2) is 34.8 Å². The van der Waals surface area contributed by atoms with Gasteiger partial charge in [-0.05, 0) is 56.7 Å². The minimum Gasteiger partial charge on any atom is -0.267 e. The van der Waals surface area contributed by atoms with Crippen molar-refractivity contribution in [1.82, 2.24) is 4.68 Å². The molecule has 0 saturated heterocycles. The summed E-state index contributed by atoms with van der Waals surface area (Å²) in [7, 11) is 0. The summed E-state index contributed by atoms with van der Waals surface area (Å²) < 4.78 is 2.80. The molecule has 1 aromatic carbocycles. The minimum atomic E-state index is -0.104. The van der Waals surface area contributed by atoms with Crippen LogP contribution in [0.2, 0.25) is 0 Å². The molecule has 2 aromatic rings. The molecule has 0 saturated carbocycles. The molecule has 2 rings (SSSR count). The summed E-state index contributed by atoms with van der Waals surface area (Å²) in [5, 5.41) is 0. The Bertz CT molecular complexity index is 582. The molecule has 0 aliphatic carbocycles. The Kier molecular flexibility index (Phi) is 3.57. The van der Waals surface area contributed by atoms with Crippen LogP contribution in [0.4, 0.5) is 0 Å². The zero-order valence-corrected chi connectivity index (χ0v) is 12.2. The van der Waals surface area contributed by atoms with Gasteiger partial charge in [-0.15, -0.1) is 0 Å². The van der Waals surface area contributed by atoms with Crippen molar-refractivity contribution in [3.8, 4) is 0 Å². The van der Waals surface area contributed by atoms with E-state index >= 15 is 0 Å². The summed E-state index contributed by atoms with van der Waals surface area (Å²) in [4.78, 5) is 12.1. The maximum absolute atomic E-state index is 12.1. The zero-order chi connectivity index (χ0) is 13.3. The van der Waals surface area contributed by atoms with Gasteiger partial charge in [0.1, 0.15) is 0 Å². The number of amides is 1. The maximum Gasteiger partial charge on any atom is 0.270 e.